The minimum absolute atomic E-state index is 0.0298. The van der Waals surface area contributed by atoms with Crippen LogP contribution in [0.25, 0.3) is 17.1 Å². The van der Waals surface area contributed by atoms with E-state index in [4.69, 9.17) is 14.9 Å². The Bertz CT molecular complexity index is 1610. The van der Waals surface area contributed by atoms with Crippen molar-refractivity contribution in [1.29, 1.82) is 0 Å². The van der Waals surface area contributed by atoms with Gasteiger partial charge in [-0.15, -0.1) is 5.10 Å². The van der Waals surface area contributed by atoms with Gasteiger partial charge in [-0.05, 0) is 46.7 Å². The lowest BCUT2D eigenvalue weighted by atomic mass is 10.1. The number of nitrogens with two attached hydrogens (primary N) is 1. The van der Waals surface area contributed by atoms with Crippen molar-refractivity contribution in [3.63, 3.8) is 0 Å². The Hall–Kier alpha value is -5.86. The van der Waals surface area contributed by atoms with Crippen LogP contribution in [0.1, 0.15) is 21.9 Å². The van der Waals surface area contributed by atoms with Crippen molar-refractivity contribution in [3.05, 3.63) is 94.0 Å². The summed E-state index contributed by atoms with van der Waals surface area (Å²) in [5, 5.41) is 29.8. The van der Waals surface area contributed by atoms with Crippen LogP contribution in [0.4, 0.5) is 11.5 Å². The predicted octanol–water partition coefficient (Wildman–Crippen LogP) is 2.74. The average molecular weight is 515 g/mol. The first kappa shape index (κ1) is 23.9. The molecular formula is C23H17N9O6. The number of hydrogen-bond donors (Lipinski definition) is 2. The number of ether oxygens (including phenoxy) is 1. The standard InChI is InChI=1S/C23H17N9O6/c24-21-22(29-38-28-21)31-18(13-36-16-4-2-1-3-5-16)20(26-30-31)23(33)27-25-12-17-10-11-19(37-17)14-6-8-15(9-7-14)32(34)35/h1-12H,13H2,(H2,24,28)(H,27,33)/b25-12+. The fourth-order valence-electron chi connectivity index (χ4n) is 3.32. The Morgan fingerprint density at radius 2 is 1.92 bits per heavy atom. The van der Waals surface area contributed by atoms with Crippen LogP contribution in [0.3, 0.4) is 0 Å². The van der Waals surface area contributed by atoms with Crippen LogP contribution < -0.4 is 15.9 Å². The second-order valence-electron chi connectivity index (χ2n) is 7.58. The Balaban J connectivity index is 1.31. The molecule has 0 aliphatic heterocycles. The molecule has 5 rings (SSSR count). The van der Waals surface area contributed by atoms with Gasteiger partial charge in [0.05, 0.1) is 11.1 Å². The van der Waals surface area contributed by atoms with Crippen molar-refractivity contribution in [3.8, 4) is 22.9 Å². The first-order valence-corrected chi connectivity index (χ1v) is 10.9. The topological polar surface area (TPSA) is 203 Å². The smallest absolute Gasteiger partial charge is 0.293 e. The predicted molar refractivity (Wildman–Crippen MR) is 130 cm³/mol. The molecule has 0 unspecified atom stereocenters. The first-order valence-electron chi connectivity index (χ1n) is 10.9. The highest BCUT2D eigenvalue weighted by atomic mass is 16.6. The van der Waals surface area contributed by atoms with Crippen molar-refractivity contribution >= 4 is 23.6 Å². The highest BCUT2D eigenvalue weighted by molar-refractivity contribution is 5.94. The molecule has 0 bridgehead atoms. The molecule has 0 aliphatic carbocycles. The second kappa shape index (κ2) is 10.4. The van der Waals surface area contributed by atoms with E-state index in [2.05, 4.69) is 35.8 Å². The zero-order valence-electron chi connectivity index (χ0n) is 19.3. The molecule has 190 valence electrons. The number of carbonyl (C=O) groups is 1. The molecule has 0 saturated heterocycles. The minimum atomic E-state index is -0.684. The summed E-state index contributed by atoms with van der Waals surface area (Å²) in [5.41, 5.74) is 8.89. The zero-order chi connectivity index (χ0) is 26.5. The molecule has 0 fully saturated rings. The lowest BCUT2D eigenvalue weighted by molar-refractivity contribution is -0.384. The summed E-state index contributed by atoms with van der Waals surface area (Å²) in [6, 6.07) is 18.1. The number of hydrazone groups is 1. The van der Waals surface area contributed by atoms with E-state index in [1.807, 2.05) is 6.07 Å². The van der Waals surface area contributed by atoms with Crippen LogP contribution in [0.15, 0.2) is 80.9 Å². The number of para-hydroxylation sites is 1. The number of furan rings is 1. The van der Waals surface area contributed by atoms with Gasteiger partial charge >= 0.3 is 0 Å². The van der Waals surface area contributed by atoms with Crippen molar-refractivity contribution in [2.45, 2.75) is 6.61 Å². The van der Waals surface area contributed by atoms with Crippen LogP contribution >= 0.6 is 0 Å². The second-order valence-corrected chi connectivity index (χ2v) is 7.58. The van der Waals surface area contributed by atoms with Crippen LogP contribution in [0, 0.1) is 10.1 Å². The number of nitro groups is 1. The number of nitrogen functional groups attached to an aromatic ring is 1. The van der Waals surface area contributed by atoms with E-state index in [1.54, 1.807) is 48.5 Å². The van der Waals surface area contributed by atoms with E-state index in [0.29, 0.717) is 22.8 Å². The van der Waals surface area contributed by atoms with E-state index in [0.717, 1.165) is 0 Å². The number of hydrogen-bond acceptors (Lipinski definition) is 12. The molecule has 0 aliphatic rings. The summed E-state index contributed by atoms with van der Waals surface area (Å²) in [4.78, 5) is 23.2. The molecule has 0 atom stereocenters. The maximum absolute atomic E-state index is 12.9. The number of rotatable bonds is 9. The number of non-ortho nitro benzene ring substituents is 1. The average Bonchev–Trinajstić information content (AvgIpc) is 3.68. The van der Waals surface area contributed by atoms with Gasteiger partial charge in [0.25, 0.3) is 11.6 Å². The lowest BCUT2D eigenvalue weighted by Gasteiger charge is -2.08. The number of benzene rings is 2. The van der Waals surface area contributed by atoms with E-state index < -0.39 is 10.8 Å². The van der Waals surface area contributed by atoms with Gasteiger partial charge in [-0.3, -0.25) is 14.9 Å². The van der Waals surface area contributed by atoms with Gasteiger partial charge in [-0.25, -0.2) is 10.1 Å². The SMILES string of the molecule is Nc1nonc1-n1nnc(C(=O)N/N=C/c2ccc(-c3ccc([N+](=O)[O-])cc3)o2)c1COc1ccccc1. The number of carbonyl (C=O) groups excluding carboxylic acids is 1. The number of amides is 1. The molecule has 3 N–H and O–H groups in total. The third-order valence-corrected chi connectivity index (χ3v) is 5.14. The summed E-state index contributed by atoms with van der Waals surface area (Å²) in [6.45, 7) is -0.105. The summed E-state index contributed by atoms with van der Waals surface area (Å²) < 4.78 is 17.3. The van der Waals surface area contributed by atoms with Gasteiger partial charge in [0, 0.05) is 17.7 Å². The van der Waals surface area contributed by atoms with Gasteiger partial charge in [0.15, 0.2) is 5.69 Å². The minimum Gasteiger partial charge on any atom is -0.487 e. The van der Waals surface area contributed by atoms with Crippen LogP contribution in [0.5, 0.6) is 5.75 Å². The quantitative estimate of drug-likeness (QED) is 0.166. The molecule has 0 saturated carbocycles. The molecule has 3 aromatic heterocycles. The lowest BCUT2D eigenvalue weighted by Crippen LogP contribution is -2.21. The molecule has 15 heteroatoms. The summed E-state index contributed by atoms with van der Waals surface area (Å²) >= 11 is 0. The Morgan fingerprint density at radius 1 is 1.13 bits per heavy atom. The highest BCUT2D eigenvalue weighted by Gasteiger charge is 2.24. The van der Waals surface area contributed by atoms with E-state index >= 15 is 0 Å². The van der Waals surface area contributed by atoms with E-state index in [9.17, 15) is 14.9 Å². The summed E-state index contributed by atoms with van der Waals surface area (Å²) in [5.74, 6) is 0.656. The van der Waals surface area contributed by atoms with E-state index in [-0.39, 0.29) is 35.3 Å². The number of anilines is 1. The molecule has 2 aromatic carbocycles. The Kier molecular flexibility index (Phi) is 6.53. The van der Waals surface area contributed by atoms with Gasteiger partial charge in [0.1, 0.15) is 29.6 Å². The molecule has 38 heavy (non-hydrogen) atoms. The number of nitrogens with zero attached hydrogens (tertiary/aromatic N) is 7. The molecule has 0 spiro atoms. The van der Waals surface area contributed by atoms with Crippen molar-refractivity contribution < 1.29 is 23.5 Å². The first-order chi connectivity index (χ1) is 18.5. The largest absolute Gasteiger partial charge is 0.487 e. The fraction of sp³-hybridized carbons (Fsp3) is 0.0435. The number of nitro benzene ring substituents is 1. The van der Waals surface area contributed by atoms with Crippen molar-refractivity contribution in [2.24, 2.45) is 5.10 Å². The van der Waals surface area contributed by atoms with Crippen molar-refractivity contribution in [1.82, 2.24) is 30.7 Å². The Labute approximate surface area is 212 Å². The van der Waals surface area contributed by atoms with Gasteiger partial charge < -0.3 is 14.9 Å². The number of nitrogens with one attached hydrogen (secondary N) is 1. The highest BCUT2D eigenvalue weighted by Crippen LogP contribution is 2.24. The van der Waals surface area contributed by atoms with Crippen LogP contribution in [-0.2, 0) is 6.61 Å². The normalized spacial score (nSPS) is 11.1. The van der Waals surface area contributed by atoms with Gasteiger partial charge in [-0.2, -0.15) is 9.78 Å². The molecule has 5 aromatic rings. The maximum atomic E-state index is 12.9. The Morgan fingerprint density at radius 3 is 2.63 bits per heavy atom. The zero-order valence-corrected chi connectivity index (χ0v) is 19.3. The van der Waals surface area contributed by atoms with E-state index in [1.165, 1.54) is 23.0 Å². The molecule has 3 heterocycles. The third-order valence-electron chi connectivity index (χ3n) is 5.14. The monoisotopic (exact) mass is 515 g/mol. The summed E-state index contributed by atoms with van der Waals surface area (Å²) in [7, 11) is 0. The molecule has 0 radical (unpaired) electrons. The number of aromatic nitrogens is 5. The third kappa shape index (κ3) is 5.06. The van der Waals surface area contributed by atoms with Crippen LogP contribution in [-0.4, -0.2) is 42.4 Å². The van der Waals surface area contributed by atoms with Crippen LogP contribution in [0.2, 0.25) is 0 Å². The molecule has 1 amide bonds. The van der Waals surface area contributed by atoms with Gasteiger partial charge in [0.2, 0.25) is 11.6 Å². The van der Waals surface area contributed by atoms with Gasteiger partial charge in [-0.1, -0.05) is 23.4 Å². The summed E-state index contributed by atoms with van der Waals surface area (Å²) in [6.07, 6.45) is 1.29. The maximum Gasteiger partial charge on any atom is 0.293 e. The molecule has 15 nitrogen and oxygen atoms in total. The molecular weight excluding hydrogens is 498 g/mol. The van der Waals surface area contributed by atoms with Crippen molar-refractivity contribution in [2.75, 3.05) is 5.73 Å². The fourth-order valence-corrected chi connectivity index (χ4v) is 3.32.